The number of hydrogen-bond donors (Lipinski definition) is 0. The third kappa shape index (κ3) is 1.98. The Hall–Kier alpha value is -1.61. The van der Waals surface area contributed by atoms with Gasteiger partial charge in [-0.15, -0.1) is 0 Å². The molecule has 1 aromatic carbocycles. The van der Waals surface area contributed by atoms with E-state index in [1.54, 1.807) is 6.08 Å². The Morgan fingerprint density at radius 1 is 1.18 bits per heavy atom. The SMILES string of the molecule is O=C1C=C(c2ccccc2)O[C@H]2OCCC[C@@H]12. The highest BCUT2D eigenvalue weighted by molar-refractivity contribution is 5.98. The van der Waals surface area contributed by atoms with Crippen LogP contribution >= 0.6 is 0 Å². The molecule has 0 amide bonds. The second-order valence-corrected chi connectivity index (χ2v) is 4.38. The summed E-state index contributed by atoms with van der Waals surface area (Å²) in [6, 6.07) is 9.66. The van der Waals surface area contributed by atoms with Gasteiger partial charge in [-0.2, -0.15) is 0 Å². The predicted molar refractivity (Wildman–Crippen MR) is 63.0 cm³/mol. The van der Waals surface area contributed by atoms with Crippen molar-refractivity contribution in [2.24, 2.45) is 5.92 Å². The van der Waals surface area contributed by atoms with E-state index in [4.69, 9.17) is 9.47 Å². The number of carbonyl (C=O) groups is 1. The first-order chi connectivity index (χ1) is 8.34. The van der Waals surface area contributed by atoms with Crippen molar-refractivity contribution in [3.8, 4) is 0 Å². The van der Waals surface area contributed by atoms with Crippen molar-refractivity contribution in [2.45, 2.75) is 19.1 Å². The Kier molecular flexibility index (Phi) is 2.69. The maximum absolute atomic E-state index is 12.0. The van der Waals surface area contributed by atoms with Gasteiger partial charge in [-0.3, -0.25) is 4.79 Å². The summed E-state index contributed by atoms with van der Waals surface area (Å²) < 4.78 is 11.3. The summed E-state index contributed by atoms with van der Waals surface area (Å²) in [5, 5.41) is 0. The van der Waals surface area contributed by atoms with Crippen molar-refractivity contribution in [1.82, 2.24) is 0 Å². The van der Waals surface area contributed by atoms with Crippen molar-refractivity contribution in [1.29, 1.82) is 0 Å². The highest BCUT2D eigenvalue weighted by Crippen LogP contribution is 2.32. The van der Waals surface area contributed by atoms with Gasteiger partial charge in [0, 0.05) is 11.6 Å². The quantitative estimate of drug-likeness (QED) is 0.743. The van der Waals surface area contributed by atoms with Crippen LogP contribution in [0.2, 0.25) is 0 Å². The molecule has 17 heavy (non-hydrogen) atoms. The van der Waals surface area contributed by atoms with Crippen LogP contribution in [0.15, 0.2) is 36.4 Å². The molecule has 0 aliphatic carbocycles. The van der Waals surface area contributed by atoms with Crippen LogP contribution in [-0.2, 0) is 14.3 Å². The Morgan fingerprint density at radius 3 is 2.82 bits per heavy atom. The third-order valence-corrected chi connectivity index (χ3v) is 3.21. The second-order valence-electron chi connectivity index (χ2n) is 4.38. The lowest BCUT2D eigenvalue weighted by Crippen LogP contribution is -2.38. The van der Waals surface area contributed by atoms with Crippen LogP contribution in [-0.4, -0.2) is 18.7 Å². The molecule has 0 unspecified atom stereocenters. The Labute approximate surface area is 100 Å². The topological polar surface area (TPSA) is 35.5 Å². The summed E-state index contributed by atoms with van der Waals surface area (Å²) in [7, 11) is 0. The number of ketones is 1. The summed E-state index contributed by atoms with van der Waals surface area (Å²) in [4.78, 5) is 12.0. The maximum atomic E-state index is 12.0. The van der Waals surface area contributed by atoms with E-state index in [0.717, 1.165) is 18.4 Å². The van der Waals surface area contributed by atoms with Crippen molar-refractivity contribution in [2.75, 3.05) is 6.61 Å². The molecule has 2 aliphatic heterocycles. The van der Waals surface area contributed by atoms with Crippen LogP contribution < -0.4 is 0 Å². The predicted octanol–water partition coefficient (Wildman–Crippen LogP) is 2.38. The molecular weight excluding hydrogens is 216 g/mol. The molecule has 3 nitrogen and oxygen atoms in total. The van der Waals surface area contributed by atoms with E-state index < -0.39 is 6.29 Å². The fraction of sp³-hybridized carbons (Fsp3) is 0.357. The van der Waals surface area contributed by atoms with Crippen LogP contribution in [0, 0.1) is 5.92 Å². The monoisotopic (exact) mass is 230 g/mol. The van der Waals surface area contributed by atoms with Crippen LogP contribution in [0.5, 0.6) is 0 Å². The van der Waals surface area contributed by atoms with Gasteiger partial charge in [0.15, 0.2) is 5.78 Å². The molecular formula is C14H14O3. The van der Waals surface area contributed by atoms with Gasteiger partial charge in [-0.05, 0) is 12.8 Å². The lowest BCUT2D eigenvalue weighted by Gasteiger charge is -2.34. The molecule has 0 radical (unpaired) electrons. The highest BCUT2D eigenvalue weighted by atomic mass is 16.7. The maximum Gasteiger partial charge on any atom is 0.210 e. The molecule has 2 aliphatic rings. The zero-order valence-corrected chi connectivity index (χ0v) is 9.46. The van der Waals surface area contributed by atoms with Crippen LogP contribution in [0.3, 0.4) is 0 Å². The van der Waals surface area contributed by atoms with Crippen molar-refractivity contribution < 1.29 is 14.3 Å². The molecule has 1 saturated heterocycles. The Morgan fingerprint density at radius 2 is 2.00 bits per heavy atom. The summed E-state index contributed by atoms with van der Waals surface area (Å²) in [5.74, 6) is 0.634. The molecule has 0 spiro atoms. The molecule has 0 saturated carbocycles. The molecule has 3 heteroatoms. The fourth-order valence-corrected chi connectivity index (χ4v) is 2.30. The number of fused-ring (bicyclic) bond motifs is 1. The average molecular weight is 230 g/mol. The number of hydrogen-bond acceptors (Lipinski definition) is 3. The first kappa shape index (κ1) is 10.5. The van der Waals surface area contributed by atoms with E-state index in [2.05, 4.69) is 0 Å². The number of rotatable bonds is 1. The normalized spacial score (nSPS) is 28.0. The zero-order chi connectivity index (χ0) is 11.7. The number of carbonyl (C=O) groups excluding carboxylic acids is 1. The molecule has 2 atom stereocenters. The first-order valence-electron chi connectivity index (χ1n) is 5.94. The summed E-state index contributed by atoms with van der Waals surface area (Å²) in [6.45, 7) is 0.677. The number of ether oxygens (including phenoxy) is 2. The summed E-state index contributed by atoms with van der Waals surface area (Å²) >= 11 is 0. The zero-order valence-electron chi connectivity index (χ0n) is 9.46. The van der Waals surface area contributed by atoms with E-state index in [1.807, 2.05) is 30.3 Å². The summed E-state index contributed by atoms with van der Waals surface area (Å²) in [6.07, 6.45) is 3.01. The van der Waals surface area contributed by atoms with Crippen LogP contribution in [0.4, 0.5) is 0 Å². The summed E-state index contributed by atoms with van der Waals surface area (Å²) in [5.41, 5.74) is 0.925. The molecule has 3 rings (SSSR count). The largest absolute Gasteiger partial charge is 0.463 e. The molecule has 1 aromatic rings. The average Bonchev–Trinajstić information content (AvgIpc) is 2.40. The molecule has 1 fully saturated rings. The van der Waals surface area contributed by atoms with Gasteiger partial charge >= 0.3 is 0 Å². The van der Waals surface area contributed by atoms with Gasteiger partial charge in [0.1, 0.15) is 5.76 Å². The Balaban J connectivity index is 1.90. The third-order valence-electron chi connectivity index (χ3n) is 3.21. The standard InChI is InChI=1S/C14H14O3/c15-12-9-13(10-5-2-1-3-6-10)17-14-11(12)7-4-8-16-14/h1-3,5-6,9,11,14H,4,7-8H2/t11-,14+/m0/s1. The van der Waals surface area contributed by atoms with Crippen molar-refractivity contribution in [3.63, 3.8) is 0 Å². The lowest BCUT2D eigenvalue weighted by molar-refractivity contribution is -0.169. The van der Waals surface area contributed by atoms with Gasteiger partial charge in [-0.1, -0.05) is 30.3 Å². The van der Waals surface area contributed by atoms with Gasteiger partial charge in [-0.25, -0.2) is 0 Å². The lowest BCUT2D eigenvalue weighted by atomic mass is 9.92. The molecule has 88 valence electrons. The van der Waals surface area contributed by atoms with Crippen molar-refractivity contribution in [3.05, 3.63) is 42.0 Å². The molecule has 0 bridgehead atoms. The second kappa shape index (κ2) is 4.34. The van der Waals surface area contributed by atoms with E-state index in [0.29, 0.717) is 12.4 Å². The molecule has 0 N–H and O–H groups in total. The van der Waals surface area contributed by atoms with Crippen LogP contribution in [0.25, 0.3) is 5.76 Å². The van der Waals surface area contributed by atoms with E-state index >= 15 is 0 Å². The fourth-order valence-electron chi connectivity index (χ4n) is 2.30. The highest BCUT2D eigenvalue weighted by Gasteiger charge is 2.36. The van der Waals surface area contributed by atoms with Gasteiger partial charge in [0.05, 0.1) is 12.5 Å². The molecule has 0 aromatic heterocycles. The molecule has 2 heterocycles. The minimum absolute atomic E-state index is 0.115. The van der Waals surface area contributed by atoms with Gasteiger partial charge in [0.2, 0.25) is 6.29 Å². The number of allylic oxidation sites excluding steroid dienone is 1. The van der Waals surface area contributed by atoms with Crippen molar-refractivity contribution >= 4 is 11.5 Å². The van der Waals surface area contributed by atoms with Gasteiger partial charge < -0.3 is 9.47 Å². The minimum Gasteiger partial charge on any atom is -0.463 e. The van der Waals surface area contributed by atoms with Crippen LogP contribution in [0.1, 0.15) is 18.4 Å². The van der Waals surface area contributed by atoms with Gasteiger partial charge in [0.25, 0.3) is 0 Å². The first-order valence-corrected chi connectivity index (χ1v) is 5.94. The van der Waals surface area contributed by atoms with E-state index in [9.17, 15) is 4.79 Å². The van der Waals surface area contributed by atoms with E-state index in [-0.39, 0.29) is 11.7 Å². The number of benzene rings is 1. The Bertz CT molecular complexity index is 450. The minimum atomic E-state index is -0.392. The smallest absolute Gasteiger partial charge is 0.210 e. The van der Waals surface area contributed by atoms with E-state index in [1.165, 1.54) is 0 Å².